The second-order valence-electron chi connectivity index (χ2n) is 4.56. The van der Waals surface area contributed by atoms with Gasteiger partial charge >= 0.3 is 0 Å². The maximum absolute atomic E-state index is 9.56. The van der Waals surface area contributed by atoms with E-state index in [2.05, 4.69) is 5.32 Å². The molecule has 16 heavy (non-hydrogen) atoms. The van der Waals surface area contributed by atoms with Crippen LogP contribution < -0.4 is 5.32 Å². The third-order valence-corrected chi connectivity index (χ3v) is 3.15. The van der Waals surface area contributed by atoms with E-state index in [0.29, 0.717) is 11.7 Å². The SMILES string of the molecule is Cc1cc(NCC2CCOC2)c(C)cc1O. The number of phenolic OH excluding ortho intramolecular Hbond substituents is 1. The van der Waals surface area contributed by atoms with Gasteiger partial charge in [-0.25, -0.2) is 0 Å². The third kappa shape index (κ3) is 2.47. The molecule has 0 spiro atoms. The monoisotopic (exact) mass is 221 g/mol. The van der Waals surface area contributed by atoms with Crippen LogP contribution in [0.25, 0.3) is 0 Å². The van der Waals surface area contributed by atoms with Gasteiger partial charge in [0.2, 0.25) is 0 Å². The van der Waals surface area contributed by atoms with Crippen LogP contribution in [0.15, 0.2) is 12.1 Å². The van der Waals surface area contributed by atoms with Crippen LogP contribution in [-0.2, 0) is 4.74 Å². The Balaban J connectivity index is 2.00. The summed E-state index contributed by atoms with van der Waals surface area (Å²) in [6, 6.07) is 3.81. The van der Waals surface area contributed by atoms with Gasteiger partial charge in [-0.15, -0.1) is 0 Å². The fourth-order valence-corrected chi connectivity index (χ4v) is 1.99. The molecule has 88 valence electrons. The molecule has 0 aliphatic carbocycles. The van der Waals surface area contributed by atoms with Crippen molar-refractivity contribution in [3.8, 4) is 5.75 Å². The Bertz CT molecular complexity index is 370. The molecule has 0 saturated carbocycles. The van der Waals surface area contributed by atoms with Gasteiger partial charge in [-0.2, -0.15) is 0 Å². The first-order chi connectivity index (χ1) is 7.66. The number of hydrogen-bond acceptors (Lipinski definition) is 3. The number of anilines is 1. The molecule has 2 N–H and O–H groups in total. The minimum absolute atomic E-state index is 0.368. The summed E-state index contributed by atoms with van der Waals surface area (Å²) in [7, 11) is 0. The van der Waals surface area contributed by atoms with Gasteiger partial charge in [-0.05, 0) is 43.5 Å². The number of benzene rings is 1. The fraction of sp³-hybridized carbons (Fsp3) is 0.538. The molecule has 1 saturated heterocycles. The predicted molar refractivity (Wildman–Crippen MR) is 65.0 cm³/mol. The predicted octanol–water partition coefficient (Wildman–Crippen LogP) is 2.46. The number of aryl methyl sites for hydroxylation is 2. The zero-order chi connectivity index (χ0) is 11.5. The Morgan fingerprint density at radius 2 is 2.19 bits per heavy atom. The van der Waals surface area contributed by atoms with Crippen LogP contribution in [0.1, 0.15) is 17.5 Å². The lowest BCUT2D eigenvalue weighted by atomic mass is 10.1. The number of aromatic hydroxyl groups is 1. The Kier molecular flexibility index (Phi) is 3.34. The molecule has 1 aliphatic heterocycles. The van der Waals surface area contributed by atoms with Crippen molar-refractivity contribution in [2.75, 3.05) is 25.1 Å². The highest BCUT2D eigenvalue weighted by Crippen LogP contribution is 2.25. The van der Waals surface area contributed by atoms with Gasteiger partial charge in [-0.1, -0.05) is 0 Å². The molecule has 0 amide bonds. The Morgan fingerprint density at radius 3 is 2.88 bits per heavy atom. The highest BCUT2D eigenvalue weighted by atomic mass is 16.5. The minimum atomic E-state index is 0.368. The Hall–Kier alpha value is -1.22. The van der Waals surface area contributed by atoms with E-state index in [-0.39, 0.29) is 0 Å². The highest BCUT2D eigenvalue weighted by molar-refractivity contribution is 5.56. The van der Waals surface area contributed by atoms with Gasteiger partial charge in [-0.3, -0.25) is 0 Å². The smallest absolute Gasteiger partial charge is 0.118 e. The van der Waals surface area contributed by atoms with E-state index in [9.17, 15) is 5.11 Å². The summed E-state index contributed by atoms with van der Waals surface area (Å²) < 4.78 is 5.34. The summed E-state index contributed by atoms with van der Waals surface area (Å²) in [6.45, 7) is 6.62. The van der Waals surface area contributed by atoms with Gasteiger partial charge in [0.1, 0.15) is 5.75 Å². The van der Waals surface area contributed by atoms with E-state index in [0.717, 1.165) is 43.0 Å². The second-order valence-corrected chi connectivity index (χ2v) is 4.56. The van der Waals surface area contributed by atoms with Crippen molar-refractivity contribution >= 4 is 5.69 Å². The number of phenols is 1. The van der Waals surface area contributed by atoms with Gasteiger partial charge in [0, 0.05) is 24.8 Å². The maximum atomic E-state index is 9.56. The highest BCUT2D eigenvalue weighted by Gasteiger charge is 2.15. The van der Waals surface area contributed by atoms with Crippen LogP contribution in [0.5, 0.6) is 5.75 Å². The molecule has 3 heteroatoms. The summed E-state index contributed by atoms with van der Waals surface area (Å²) in [6.07, 6.45) is 1.14. The summed E-state index contributed by atoms with van der Waals surface area (Å²) >= 11 is 0. The molecule has 3 nitrogen and oxygen atoms in total. The van der Waals surface area contributed by atoms with E-state index in [1.54, 1.807) is 0 Å². The van der Waals surface area contributed by atoms with Gasteiger partial charge in [0.05, 0.1) is 6.61 Å². The van der Waals surface area contributed by atoms with E-state index < -0.39 is 0 Å². The van der Waals surface area contributed by atoms with Crippen molar-refractivity contribution < 1.29 is 9.84 Å². The van der Waals surface area contributed by atoms with Gasteiger partial charge < -0.3 is 15.2 Å². The van der Waals surface area contributed by atoms with Gasteiger partial charge in [0.15, 0.2) is 0 Å². The number of rotatable bonds is 3. The average Bonchev–Trinajstić information content (AvgIpc) is 2.74. The largest absolute Gasteiger partial charge is 0.508 e. The molecule has 0 radical (unpaired) electrons. The topological polar surface area (TPSA) is 41.5 Å². The average molecular weight is 221 g/mol. The van der Waals surface area contributed by atoms with Crippen molar-refractivity contribution in [3.63, 3.8) is 0 Å². The first kappa shape index (κ1) is 11.3. The zero-order valence-corrected chi connectivity index (χ0v) is 9.92. The van der Waals surface area contributed by atoms with E-state index in [1.165, 1.54) is 0 Å². The molecule has 1 fully saturated rings. The van der Waals surface area contributed by atoms with Crippen molar-refractivity contribution in [3.05, 3.63) is 23.3 Å². The molecule has 1 unspecified atom stereocenters. The van der Waals surface area contributed by atoms with Crippen LogP contribution in [0.2, 0.25) is 0 Å². The lowest BCUT2D eigenvalue weighted by Gasteiger charge is -2.14. The van der Waals surface area contributed by atoms with Crippen LogP contribution in [0, 0.1) is 19.8 Å². The number of nitrogens with one attached hydrogen (secondary N) is 1. The normalized spacial score (nSPS) is 20.0. The van der Waals surface area contributed by atoms with Crippen LogP contribution >= 0.6 is 0 Å². The van der Waals surface area contributed by atoms with Crippen molar-refractivity contribution in [1.82, 2.24) is 0 Å². The summed E-state index contributed by atoms with van der Waals surface area (Å²) in [5, 5.41) is 13.0. The van der Waals surface area contributed by atoms with Crippen molar-refractivity contribution in [1.29, 1.82) is 0 Å². The molecule has 2 rings (SSSR count). The lowest BCUT2D eigenvalue weighted by Crippen LogP contribution is -2.14. The maximum Gasteiger partial charge on any atom is 0.118 e. The fourth-order valence-electron chi connectivity index (χ4n) is 1.99. The standard InChI is InChI=1S/C13H19NO2/c1-9-6-13(15)10(2)5-12(9)14-7-11-3-4-16-8-11/h5-6,11,14-15H,3-4,7-8H2,1-2H3. The molecule has 1 aromatic carbocycles. The summed E-state index contributed by atoms with van der Waals surface area (Å²) in [5.41, 5.74) is 3.11. The molecule has 1 atom stereocenters. The van der Waals surface area contributed by atoms with Gasteiger partial charge in [0.25, 0.3) is 0 Å². The van der Waals surface area contributed by atoms with Crippen molar-refractivity contribution in [2.45, 2.75) is 20.3 Å². The van der Waals surface area contributed by atoms with E-state index in [4.69, 9.17) is 4.74 Å². The van der Waals surface area contributed by atoms with E-state index >= 15 is 0 Å². The number of hydrogen-bond donors (Lipinski definition) is 2. The van der Waals surface area contributed by atoms with Crippen LogP contribution in [0.3, 0.4) is 0 Å². The molecule has 0 aromatic heterocycles. The first-order valence-electron chi connectivity index (χ1n) is 5.78. The lowest BCUT2D eigenvalue weighted by molar-refractivity contribution is 0.187. The third-order valence-electron chi connectivity index (χ3n) is 3.15. The van der Waals surface area contributed by atoms with Crippen molar-refractivity contribution in [2.24, 2.45) is 5.92 Å². The first-order valence-corrected chi connectivity index (χ1v) is 5.78. The Morgan fingerprint density at radius 1 is 1.38 bits per heavy atom. The molecular formula is C13H19NO2. The number of ether oxygens (including phenoxy) is 1. The summed E-state index contributed by atoms with van der Waals surface area (Å²) in [5.74, 6) is 0.987. The molecule has 0 bridgehead atoms. The molecule has 1 aromatic rings. The van der Waals surface area contributed by atoms with E-state index in [1.807, 2.05) is 26.0 Å². The minimum Gasteiger partial charge on any atom is -0.508 e. The van der Waals surface area contributed by atoms with Crippen LogP contribution in [0.4, 0.5) is 5.69 Å². The second kappa shape index (κ2) is 4.74. The molecule has 1 aliphatic rings. The molecule has 1 heterocycles. The van der Waals surface area contributed by atoms with Crippen LogP contribution in [-0.4, -0.2) is 24.9 Å². The quantitative estimate of drug-likeness (QED) is 0.770. The Labute approximate surface area is 96.4 Å². The molecular weight excluding hydrogens is 202 g/mol. The zero-order valence-electron chi connectivity index (χ0n) is 9.92. The summed E-state index contributed by atoms with van der Waals surface area (Å²) in [4.78, 5) is 0.